The molecule has 0 aromatic heterocycles. The molecule has 2 nitrogen and oxygen atoms in total. The molecule has 0 aromatic carbocycles. The van der Waals surface area contributed by atoms with Crippen LogP contribution in [0.2, 0.25) is 0 Å². The van der Waals surface area contributed by atoms with E-state index < -0.39 is 31.9 Å². The van der Waals surface area contributed by atoms with Crippen molar-refractivity contribution in [3.8, 4) is 0 Å². The highest BCUT2D eigenvalue weighted by atomic mass is 19.3. The summed E-state index contributed by atoms with van der Waals surface area (Å²) in [5.41, 5.74) is 0. The van der Waals surface area contributed by atoms with Crippen molar-refractivity contribution in [3.63, 3.8) is 0 Å². The van der Waals surface area contributed by atoms with Crippen LogP contribution >= 0.6 is 0 Å². The van der Waals surface area contributed by atoms with Gasteiger partial charge in [-0.05, 0) is 6.42 Å². The third-order valence-electron chi connectivity index (χ3n) is 1.29. The largest absolute Gasteiger partial charge is 0.314 e. The smallest absolute Gasteiger partial charge is 0.293 e. The number of hydrogen-bond acceptors (Lipinski definition) is 2. The number of halogens is 6. The Balaban J connectivity index is 4.03. The van der Waals surface area contributed by atoms with Gasteiger partial charge in [0.25, 0.3) is 25.6 Å². The molecule has 8 heteroatoms. The van der Waals surface area contributed by atoms with Gasteiger partial charge in [-0.3, -0.25) is 0 Å². The molecule has 15 heavy (non-hydrogen) atoms. The molecule has 0 amide bonds. The Bertz CT molecular complexity index is 152. The molecule has 0 N–H and O–H groups in total. The first kappa shape index (κ1) is 14.5. The van der Waals surface area contributed by atoms with Crippen LogP contribution in [0.1, 0.15) is 13.3 Å². The molecule has 0 aliphatic carbocycles. The second kappa shape index (κ2) is 6.89. The van der Waals surface area contributed by atoms with E-state index >= 15 is 0 Å². The molecule has 0 bridgehead atoms. The maximum Gasteiger partial charge on any atom is 0.293 e. The zero-order chi connectivity index (χ0) is 12.0. The molecule has 0 aliphatic heterocycles. The van der Waals surface area contributed by atoms with Crippen LogP contribution < -0.4 is 0 Å². The summed E-state index contributed by atoms with van der Waals surface area (Å²) in [6.45, 7) is 1.28. The Morgan fingerprint density at radius 2 is 1.13 bits per heavy atom. The molecule has 0 rings (SSSR count). The summed E-state index contributed by atoms with van der Waals surface area (Å²) in [4.78, 5) is 0. The average Bonchev–Trinajstić information content (AvgIpc) is 2.15. The summed E-state index contributed by atoms with van der Waals surface area (Å²) in [7, 11) is 0. The second-order valence-corrected chi connectivity index (χ2v) is 2.48. The minimum absolute atomic E-state index is 0.236. The van der Waals surface area contributed by atoms with Gasteiger partial charge >= 0.3 is 0 Å². The fraction of sp³-hybridized carbons (Fsp3) is 1.00. The van der Waals surface area contributed by atoms with E-state index in [0.717, 1.165) is 0 Å². The van der Waals surface area contributed by atoms with Crippen molar-refractivity contribution < 1.29 is 35.8 Å². The lowest BCUT2D eigenvalue weighted by atomic mass is 10.4. The number of rotatable bonds is 7. The molecule has 2 unspecified atom stereocenters. The molecular weight excluding hydrogens is 230 g/mol. The van der Waals surface area contributed by atoms with Gasteiger partial charge in [0.2, 0.25) is 0 Å². The maximum atomic E-state index is 12.3. The van der Waals surface area contributed by atoms with E-state index in [9.17, 15) is 26.3 Å². The molecule has 2 atom stereocenters. The van der Waals surface area contributed by atoms with Gasteiger partial charge in [0.1, 0.15) is 0 Å². The summed E-state index contributed by atoms with van der Waals surface area (Å²) in [6.07, 6.45) is -14.8. The predicted molar refractivity (Wildman–Crippen MR) is 38.0 cm³/mol. The Morgan fingerprint density at radius 1 is 0.800 bits per heavy atom. The molecular formula is C7H10F6O2. The minimum atomic E-state index is -3.44. The number of ether oxygens (including phenoxy) is 2. The van der Waals surface area contributed by atoms with Crippen molar-refractivity contribution in [2.45, 2.75) is 45.2 Å². The van der Waals surface area contributed by atoms with Crippen LogP contribution in [0.3, 0.4) is 0 Å². The van der Waals surface area contributed by atoms with Gasteiger partial charge in [0, 0.05) is 0 Å². The van der Waals surface area contributed by atoms with Gasteiger partial charge in [-0.2, -0.15) is 0 Å². The van der Waals surface area contributed by atoms with E-state index in [4.69, 9.17) is 0 Å². The van der Waals surface area contributed by atoms with Crippen molar-refractivity contribution in [1.29, 1.82) is 0 Å². The first-order chi connectivity index (χ1) is 6.88. The normalized spacial score (nSPS) is 18.2. The minimum Gasteiger partial charge on any atom is -0.314 e. The molecule has 0 spiro atoms. The van der Waals surface area contributed by atoms with E-state index in [1.54, 1.807) is 0 Å². The molecule has 0 saturated carbocycles. The fourth-order valence-electron chi connectivity index (χ4n) is 0.633. The number of hydrogen-bond donors (Lipinski definition) is 0. The monoisotopic (exact) mass is 240 g/mol. The van der Waals surface area contributed by atoms with Crippen LogP contribution in [0.5, 0.6) is 0 Å². The van der Waals surface area contributed by atoms with E-state index in [1.165, 1.54) is 6.92 Å². The van der Waals surface area contributed by atoms with Crippen LogP contribution in [0, 0.1) is 0 Å². The van der Waals surface area contributed by atoms with Gasteiger partial charge in [-0.15, -0.1) is 0 Å². The van der Waals surface area contributed by atoms with Gasteiger partial charge < -0.3 is 9.47 Å². The third-order valence-corrected chi connectivity index (χ3v) is 1.29. The molecule has 0 aromatic rings. The summed E-state index contributed by atoms with van der Waals surface area (Å²) in [5.74, 6) is 0. The molecule has 0 heterocycles. The highest BCUT2D eigenvalue weighted by Crippen LogP contribution is 2.17. The van der Waals surface area contributed by atoms with Crippen molar-refractivity contribution >= 4 is 0 Å². The lowest BCUT2D eigenvalue weighted by Crippen LogP contribution is -2.31. The van der Waals surface area contributed by atoms with Crippen LogP contribution in [0.25, 0.3) is 0 Å². The fourth-order valence-corrected chi connectivity index (χ4v) is 0.633. The van der Waals surface area contributed by atoms with E-state index in [-0.39, 0.29) is 6.42 Å². The van der Waals surface area contributed by atoms with E-state index in [2.05, 4.69) is 9.47 Å². The summed E-state index contributed by atoms with van der Waals surface area (Å²) in [6, 6.07) is 0. The zero-order valence-electron chi connectivity index (χ0n) is 7.68. The lowest BCUT2D eigenvalue weighted by molar-refractivity contribution is -0.283. The van der Waals surface area contributed by atoms with Crippen molar-refractivity contribution in [3.05, 3.63) is 0 Å². The van der Waals surface area contributed by atoms with Crippen LogP contribution in [0.15, 0.2) is 0 Å². The van der Waals surface area contributed by atoms with Gasteiger partial charge in [0.05, 0.1) is 0 Å². The van der Waals surface area contributed by atoms with Gasteiger partial charge in [-0.1, -0.05) is 6.92 Å². The van der Waals surface area contributed by atoms with E-state index in [1.807, 2.05) is 0 Å². The quantitative estimate of drug-likeness (QED) is 0.503. The van der Waals surface area contributed by atoms with Crippen LogP contribution in [0.4, 0.5) is 26.3 Å². The Labute approximate surface area is 82.1 Å². The number of alkyl halides is 6. The summed E-state index contributed by atoms with van der Waals surface area (Å²) >= 11 is 0. The third kappa shape index (κ3) is 5.83. The average molecular weight is 240 g/mol. The van der Waals surface area contributed by atoms with Gasteiger partial charge in [-0.25, -0.2) is 26.3 Å². The topological polar surface area (TPSA) is 18.5 Å². The first-order valence-electron chi connectivity index (χ1n) is 4.03. The van der Waals surface area contributed by atoms with E-state index in [0.29, 0.717) is 0 Å². The van der Waals surface area contributed by atoms with Crippen molar-refractivity contribution in [1.82, 2.24) is 0 Å². The molecule has 0 aliphatic rings. The SMILES string of the molecule is CCC(OC(F)C(F)F)OC(F)C(F)F. The zero-order valence-corrected chi connectivity index (χ0v) is 7.68. The molecule has 92 valence electrons. The second-order valence-electron chi connectivity index (χ2n) is 2.48. The maximum absolute atomic E-state index is 12.3. The summed E-state index contributed by atoms with van der Waals surface area (Å²) < 4.78 is 78.7. The van der Waals surface area contributed by atoms with Crippen molar-refractivity contribution in [2.24, 2.45) is 0 Å². The van der Waals surface area contributed by atoms with Crippen LogP contribution in [-0.2, 0) is 9.47 Å². The predicted octanol–water partition coefficient (Wildman–Crippen LogP) is 2.88. The highest BCUT2D eigenvalue weighted by molar-refractivity contribution is 4.51. The Kier molecular flexibility index (Phi) is 6.66. The molecule has 0 radical (unpaired) electrons. The highest BCUT2D eigenvalue weighted by Gasteiger charge is 2.28. The van der Waals surface area contributed by atoms with Crippen LogP contribution in [-0.4, -0.2) is 31.9 Å². The Hall–Kier alpha value is -0.500. The Morgan fingerprint density at radius 3 is 1.33 bits per heavy atom. The lowest BCUT2D eigenvalue weighted by Gasteiger charge is -2.20. The standard InChI is InChI=1S/C7H10F6O2/c1-2-3(14-6(12)4(8)9)15-7(13)5(10)11/h3-7H,2H2,1H3. The summed E-state index contributed by atoms with van der Waals surface area (Å²) in [5, 5.41) is 0. The van der Waals surface area contributed by atoms with Gasteiger partial charge in [0.15, 0.2) is 6.29 Å². The molecule has 0 saturated heterocycles. The van der Waals surface area contributed by atoms with Crippen molar-refractivity contribution in [2.75, 3.05) is 0 Å². The first-order valence-corrected chi connectivity index (χ1v) is 4.03. The molecule has 0 fully saturated rings.